The van der Waals surface area contributed by atoms with Gasteiger partial charge in [-0.1, -0.05) is 32.9 Å². The molecule has 0 N–H and O–H groups in total. The molecule has 1 aromatic rings. The lowest BCUT2D eigenvalue weighted by atomic mass is 9.86. The predicted molar refractivity (Wildman–Crippen MR) is 110 cm³/mol. The maximum Gasteiger partial charge on any atom is 0.253 e. The molecule has 156 valence electrons. The molecule has 2 heterocycles. The molecule has 3 fully saturated rings. The van der Waals surface area contributed by atoms with Crippen molar-refractivity contribution in [2.75, 3.05) is 32.7 Å². The average molecular weight is 398 g/mol. The zero-order valence-electron chi connectivity index (χ0n) is 17.7. The summed E-state index contributed by atoms with van der Waals surface area (Å²) >= 11 is 0. The third kappa shape index (κ3) is 4.16. The first kappa shape index (κ1) is 19.9. The Balaban J connectivity index is 1.31. The van der Waals surface area contributed by atoms with E-state index < -0.39 is 0 Å². The molecule has 0 aromatic heterocycles. The summed E-state index contributed by atoms with van der Waals surface area (Å²) in [5.74, 6) is 0.00491. The summed E-state index contributed by atoms with van der Waals surface area (Å²) in [5, 5.41) is 0. The zero-order chi connectivity index (χ0) is 20.8. The van der Waals surface area contributed by atoms with Gasteiger partial charge in [0.15, 0.2) is 0 Å². The van der Waals surface area contributed by atoms with Crippen LogP contribution in [-0.2, 0) is 15.0 Å². The van der Waals surface area contributed by atoms with Crippen LogP contribution in [0, 0.1) is 5.92 Å². The molecule has 1 aliphatic carbocycles. The highest BCUT2D eigenvalue weighted by Gasteiger charge is 2.43. The summed E-state index contributed by atoms with van der Waals surface area (Å²) in [6, 6.07) is 8.22. The molecule has 2 saturated heterocycles. The number of carbonyl (C=O) groups is 3. The Morgan fingerprint density at radius 2 is 1.52 bits per heavy atom. The SMILES string of the molecule is CC(C)(C)c1ccc(C(=O)N2CCN(C(=O)C3CC(=O)N(C4CC4)C3)CC2)cc1. The Morgan fingerprint density at radius 3 is 2.07 bits per heavy atom. The van der Waals surface area contributed by atoms with Gasteiger partial charge in [-0.3, -0.25) is 14.4 Å². The number of likely N-dealkylation sites (tertiary alicyclic amines) is 1. The lowest BCUT2D eigenvalue weighted by molar-refractivity contribution is -0.137. The first-order valence-electron chi connectivity index (χ1n) is 10.7. The number of nitrogens with zero attached hydrogens (tertiary/aromatic N) is 3. The van der Waals surface area contributed by atoms with Crippen LogP contribution < -0.4 is 0 Å². The minimum absolute atomic E-state index is 0.0218. The summed E-state index contributed by atoms with van der Waals surface area (Å²) in [7, 11) is 0. The monoisotopic (exact) mass is 397 g/mol. The van der Waals surface area contributed by atoms with Gasteiger partial charge < -0.3 is 14.7 Å². The lowest BCUT2D eigenvalue weighted by Gasteiger charge is -2.36. The van der Waals surface area contributed by atoms with Gasteiger partial charge >= 0.3 is 0 Å². The Labute approximate surface area is 172 Å². The van der Waals surface area contributed by atoms with Crippen molar-refractivity contribution in [2.24, 2.45) is 5.92 Å². The Hall–Kier alpha value is -2.37. The molecule has 1 unspecified atom stereocenters. The van der Waals surface area contributed by atoms with Gasteiger partial charge in [0.2, 0.25) is 11.8 Å². The van der Waals surface area contributed by atoms with E-state index in [1.165, 1.54) is 5.56 Å². The minimum Gasteiger partial charge on any atom is -0.339 e. The van der Waals surface area contributed by atoms with E-state index in [2.05, 4.69) is 20.8 Å². The molecular formula is C23H31N3O3. The molecule has 4 rings (SSSR count). The summed E-state index contributed by atoms with van der Waals surface area (Å²) in [6.45, 7) is 9.20. The van der Waals surface area contributed by atoms with Gasteiger partial charge in [-0.2, -0.15) is 0 Å². The van der Waals surface area contributed by atoms with Crippen LogP contribution in [0.2, 0.25) is 0 Å². The molecular weight excluding hydrogens is 366 g/mol. The lowest BCUT2D eigenvalue weighted by Crippen LogP contribution is -2.52. The fourth-order valence-corrected chi connectivity index (χ4v) is 4.32. The molecule has 1 aromatic carbocycles. The fourth-order valence-electron chi connectivity index (χ4n) is 4.32. The van der Waals surface area contributed by atoms with Crippen LogP contribution in [0.5, 0.6) is 0 Å². The molecule has 6 heteroatoms. The zero-order valence-corrected chi connectivity index (χ0v) is 17.7. The third-order valence-electron chi connectivity index (χ3n) is 6.37. The Bertz CT molecular complexity index is 800. The average Bonchev–Trinajstić information content (AvgIpc) is 3.48. The normalized spacial score (nSPS) is 22.9. The van der Waals surface area contributed by atoms with Gasteiger partial charge in [0, 0.05) is 50.7 Å². The van der Waals surface area contributed by atoms with E-state index in [-0.39, 0.29) is 29.1 Å². The highest BCUT2D eigenvalue weighted by molar-refractivity contribution is 5.94. The van der Waals surface area contributed by atoms with Crippen molar-refractivity contribution in [2.45, 2.75) is 51.5 Å². The van der Waals surface area contributed by atoms with Crippen molar-refractivity contribution in [1.82, 2.24) is 14.7 Å². The van der Waals surface area contributed by atoms with Crippen LogP contribution in [0.15, 0.2) is 24.3 Å². The van der Waals surface area contributed by atoms with Gasteiger partial charge in [0.25, 0.3) is 5.91 Å². The van der Waals surface area contributed by atoms with Gasteiger partial charge in [-0.05, 0) is 36.0 Å². The van der Waals surface area contributed by atoms with E-state index in [1.54, 1.807) is 0 Å². The van der Waals surface area contributed by atoms with E-state index >= 15 is 0 Å². The van der Waals surface area contributed by atoms with Crippen LogP contribution in [0.4, 0.5) is 0 Å². The highest BCUT2D eigenvalue weighted by Crippen LogP contribution is 2.33. The first-order valence-corrected chi connectivity index (χ1v) is 10.7. The maximum absolute atomic E-state index is 12.9. The van der Waals surface area contributed by atoms with Crippen molar-refractivity contribution in [1.29, 1.82) is 0 Å². The third-order valence-corrected chi connectivity index (χ3v) is 6.37. The van der Waals surface area contributed by atoms with Crippen molar-refractivity contribution >= 4 is 17.7 Å². The largest absolute Gasteiger partial charge is 0.339 e. The fraction of sp³-hybridized carbons (Fsp3) is 0.609. The number of hydrogen-bond acceptors (Lipinski definition) is 3. The molecule has 1 atom stereocenters. The summed E-state index contributed by atoms with van der Waals surface area (Å²) in [6.07, 6.45) is 2.49. The molecule has 0 radical (unpaired) electrons. The standard InChI is InChI=1S/C23H31N3O3/c1-23(2,3)18-6-4-16(5-7-18)21(28)24-10-12-25(13-11-24)22(29)17-14-20(27)26(15-17)19-8-9-19/h4-7,17,19H,8-15H2,1-3H3. The Morgan fingerprint density at radius 1 is 0.931 bits per heavy atom. The number of rotatable bonds is 3. The molecule has 2 aliphatic heterocycles. The van der Waals surface area contributed by atoms with Crippen LogP contribution in [0.1, 0.15) is 56.0 Å². The second-order valence-corrected chi connectivity index (χ2v) is 9.62. The van der Waals surface area contributed by atoms with Crippen LogP contribution in [0.3, 0.4) is 0 Å². The van der Waals surface area contributed by atoms with Crippen LogP contribution >= 0.6 is 0 Å². The van der Waals surface area contributed by atoms with Crippen molar-refractivity contribution in [3.8, 4) is 0 Å². The highest BCUT2D eigenvalue weighted by atomic mass is 16.2. The summed E-state index contributed by atoms with van der Waals surface area (Å²) in [5.41, 5.74) is 1.96. The first-order chi connectivity index (χ1) is 13.7. The quantitative estimate of drug-likeness (QED) is 0.786. The van der Waals surface area contributed by atoms with Crippen LogP contribution in [-0.4, -0.2) is 71.2 Å². The molecule has 0 bridgehead atoms. The predicted octanol–water partition coefficient (Wildman–Crippen LogP) is 2.28. The number of piperazine rings is 1. The smallest absolute Gasteiger partial charge is 0.253 e. The van der Waals surface area contributed by atoms with Gasteiger partial charge in [0.05, 0.1) is 5.92 Å². The van der Waals surface area contributed by atoms with E-state index in [0.717, 1.165) is 12.8 Å². The van der Waals surface area contributed by atoms with E-state index in [4.69, 9.17) is 0 Å². The Kier molecular flexibility index (Phi) is 5.13. The second-order valence-electron chi connectivity index (χ2n) is 9.62. The van der Waals surface area contributed by atoms with Crippen molar-refractivity contribution in [3.05, 3.63) is 35.4 Å². The summed E-state index contributed by atoms with van der Waals surface area (Å²) < 4.78 is 0. The van der Waals surface area contributed by atoms with Gasteiger partial charge in [-0.25, -0.2) is 0 Å². The maximum atomic E-state index is 12.9. The van der Waals surface area contributed by atoms with E-state index in [0.29, 0.717) is 50.7 Å². The molecule has 0 spiro atoms. The summed E-state index contributed by atoms with van der Waals surface area (Å²) in [4.78, 5) is 43.4. The van der Waals surface area contributed by atoms with Gasteiger partial charge in [0.1, 0.15) is 0 Å². The van der Waals surface area contributed by atoms with E-state index in [1.807, 2.05) is 39.0 Å². The van der Waals surface area contributed by atoms with Crippen molar-refractivity contribution in [3.63, 3.8) is 0 Å². The minimum atomic E-state index is -0.213. The van der Waals surface area contributed by atoms with Crippen LogP contribution in [0.25, 0.3) is 0 Å². The number of hydrogen-bond donors (Lipinski definition) is 0. The van der Waals surface area contributed by atoms with E-state index in [9.17, 15) is 14.4 Å². The number of amides is 3. The van der Waals surface area contributed by atoms with Gasteiger partial charge in [-0.15, -0.1) is 0 Å². The molecule has 29 heavy (non-hydrogen) atoms. The molecule has 3 aliphatic rings. The molecule has 6 nitrogen and oxygen atoms in total. The molecule has 1 saturated carbocycles. The second kappa shape index (κ2) is 7.47. The number of carbonyl (C=O) groups excluding carboxylic acids is 3. The topological polar surface area (TPSA) is 60.9 Å². The van der Waals surface area contributed by atoms with Crippen molar-refractivity contribution < 1.29 is 14.4 Å². The number of benzene rings is 1. The molecule has 3 amide bonds.